The summed E-state index contributed by atoms with van der Waals surface area (Å²) in [5, 5.41) is 25.8. The molecule has 0 spiro atoms. The number of alkyl halides is 6. The molecule has 0 atom stereocenters. The summed E-state index contributed by atoms with van der Waals surface area (Å²) in [6, 6.07) is 6.93. The highest BCUT2D eigenvalue weighted by Crippen LogP contribution is 2.36. The summed E-state index contributed by atoms with van der Waals surface area (Å²) in [6.07, 6.45) is -10.5. The summed E-state index contributed by atoms with van der Waals surface area (Å²) < 4.78 is 83.5. The van der Waals surface area contributed by atoms with Gasteiger partial charge in [0, 0.05) is 12.8 Å². The van der Waals surface area contributed by atoms with Crippen LogP contribution in [0.15, 0.2) is 46.7 Å². The second-order valence-corrected chi connectivity index (χ2v) is 7.01. The maximum absolute atomic E-state index is 13.3. The number of carbonyl (C=O) groups excluding carboxylic acids is 2. The number of methoxy groups -OCH3 is 1. The van der Waals surface area contributed by atoms with Crippen LogP contribution in [0.2, 0.25) is 0 Å². The van der Waals surface area contributed by atoms with Crippen LogP contribution in [0.1, 0.15) is 41.5 Å². The van der Waals surface area contributed by atoms with Crippen molar-refractivity contribution in [2.45, 2.75) is 31.6 Å². The van der Waals surface area contributed by atoms with E-state index in [1.54, 1.807) is 12.1 Å². The van der Waals surface area contributed by atoms with Crippen LogP contribution < -0.4 is 5.01 Å². The number of carbonyl (C=O) groups is 2. The topological polar surface area (TPSA) is 119 Å². The molecule has 188 valence electrons. The number of nitriles is 2. The minimum Gasteiger partial charge on any atom is -0.469 e. The fourth-order valence-electron chi connectivity index (χ4n) is 2.78. The van der Waals surface area contributed by atoms with Crippen molar-refractivity contribution >= 4 is 23.3 Å². The van der Waals surface area contributed by atoms with Gasteiger partial charge in [-0.2, -0.15) is 41.9 Å². The van der Waals surface area contributed by atoms with Gasteiger partial charge in [-0.1, -0.05) is 5.22 Å². The van der Waals surface area contributed by atoms with E-state index >= 15 is 0 Å². The van der Waals surface area contributed by atoms with Crippen molar-refractivity contribution in [1.82, 2.24) is 0 Å². The molecule has 14 heteroatoms. The van der Waals surface area contributed by atoms with Gasteiger partial charge in [0.2, 0.25) is 5.91 Å². The zero-order valence-electron chi connectivity index (χ0n) is 18.3. The van der Waals surface area contributed by atoms with Gasteiger partial charge < -0.3 is 4.74 Å². The third-order valence-corrected chi connectivity index (χ3v) is 4.60. The van der Waals surface area contributed by atoms with Gasteiger partial charge in [-0.25, -0.2) is 0 Å². The zero-order valence-corrected chi connectivity index (χ0v) is 18.3. The smallest absolute Gasteiger partial charge is 0.416 e. The molecular formula is C22H15F6N5O3. The van der Waals surface area contributed by atoms with E-state index < -0.39 is 58.7 Å². The van der Waals surface area contributed by atoms with E-state index in [1.807, 2.05) is 0 Å². The summed E-state index contributed by atoms with van der Waals surface area (Å²) in [7, 11) is 1.11. The number of esters is 1. The Hall–Kier alpha value is -4.46. The van der Waals surface area contributed by atoms with Gasteiger partial charge in [-0.05, 0) is 42.8 Å². The molecule has 0 N–H and O–H groups in total. The highest BCUT2D eigenvalue weighted by molar-refractivity contribution is 5.94. The number of rotatable bonds is 7. The van der Waals surface area contributed by atoms with E-state index in [0.29, 0.717) is 29.3 Å². The second-order valence-electron chi connectivity index (χ2n) is 7.01. The highest BCUT2D eigenvalue weighted by atomic mass is 19.4. The molecule has 0 radical (unpaired) electrons. The molecule has 0 unspecified atom stereocenters. The third kappa shape index (κ3) is 7.02. The molecule has 0 aliphatic rings. The number of hydrogen-bond acceptors (Lipinski definition) is 7. The fourth-order valence-corrected chi connectivity index (χ4v) is 2.78. The van der Waals surface area contributed by atoms with Crippen molar-refractivity contribution in [1.29, 1.82) is 10.5 Å². The number of amides is 1. The van der Waals surface area contributed by atoms with Crippen molar-refractivity contribution in [3.05, 3.63) is 58.7 Å². The summed E-state index contributed by atoms with van der Waals surface area (Å²) >= 11 is 0. The molecule has 0 fully saturated rings. The molecule has 0 saturated carbocycles. The summed E-state index contributed by atoms with van der Waals surface area (Å²) in [5.41, 5.74) is -4.49. The van der Waals surface area contributed by atoms with Crippen LogP contribution in [0.5, 0.6) is 0 Å². The lowest BCUT2D eigenvalue weighted by Gasteiger charge is -2.19. The number of anilines is 1. The van der Waals surface area contributed by atoms with E-state index in [1.165, 1.54) is 0 Å². The monoisotopic (exact) mass is 511 g/mol. The van der Waals surface area contributed by atoms with Crippen LogP contribution in [0.4, 0.5) is 37.7 Å². The fraction of sp³-hybridized carbons (Fsp3) is 0.273. The first kappa shape index (κ1) is 27.8. The predicted molar refractivity (Wildman–Crippen MR) is 110 cm³/mol. The molecule has 36 heavy (non-hydrogen) atoms. The van der Waals surface area contributed by atoms with Gasteiger partial charge in [0.15, 0.2) is 0 Å². The number of ether oxygens (including phenoxy) is 1. The van der Waals surface area contributed by atoms with E-state index in [9.17, 15) is 46.5 Å². The zero-order chi connectivity index (χ0) is 27.1. The van der Waals surface area contributed by atoms with E-state index in [2.05, 4.69) is 15.1 Å². The Labute approximate surface area is 200 Å². The predicted octanol–water partition coefficient (Wildman–Crippen LogP) is 5.84. The van der Waals surface area contributed by atoms with E-state index in [0.717, 1.165) is 19.2 Å². The quantitative estimate of drug-likeness (QED) is 0.200. The maximum atomic E-state index is 13.3. The van der Waals surface area contributed by atoms with Gasteiger partial charge in [0.25, 0.3) is 0 Å². The average molecular weight is 511 g/mol. The van der Waals surface area contributed by atoms with Crippen molar-refractivity contribution in [3.8, 4) is 12.1 Å². The molecule has 0 aliphatic heterocycles. The van der Waals surface area contributed by atoms with Gasteiger partial charge in [0.05, 0.1) is 35.1 Å². The minimum absolute atomic E-state index is 0.120. The van der Waals surface area contributed by atoms with Gasteiger partial charge in [-0.15, -0.1) is 5.11 Å². The van der Waals surface area contributed by atoms with Crippen molar-refractivity contribution in [2.24, 2.45) is 10.3 Å². The molecule has 2 aromatic rings. The lowest BCUT2D eigenvalue weighted by Crippen LogP contribution is -2.26. The van der Waals surface area contributed by atoms with Gasteiger partial charge >= 0.3 is 18.3 Å². The number of nitrogens with zero attached hydrogens (tertiary/aromatic N) is 5. The molecule has 8 nitrogen and oxygen atoms in total. The van der Waals surface area contributed by atoms with Crippen molar-refractivity contribution < 1.29 is 40.7 Å². The van der Waals surface area contributed by atoms with Crippen molar-refractivity contribution in [2.75, 3.05) is 12.1 Å². The molecule has 0 heterocycles. The van der Waals surface area contributed by atoms with E-state index in [-0.39, 0.29) is 18.4 Å². The number of hydrogen-bond donors (Lipinski definition) is 0. The molecular weight excluding hydrogens is 496 g/mol. The van der Waals surface area contributed by atoms with Crippen LogP contribution in [0, 0.1) is 22.7 Å². The van der Waals surface area contributed by atoms with Gasteiger partial charge in [-0.3, -0.25) is 9.59 Å². The summed E-state index contributed by atoms with van der Waals surface area (Å²) in [6.45, 7) is 0. The Bertz CT molecular complexity index is 1260. The lowest BCUT2D eigenvalue weighted by molar-refractivity contribution is -0.141. The van der Waals surface area contributed by atoms with E-state index in [4.69, 9.17) is 0 Å². The minimum atomic E-state index is -4.87. The SMILES string of the molecule is COC(=O)CCCC(=O)N(/N=N/c1cc(C(F)(F)F)ccc1C#N)c1cc(C(F)(F)F)ccc1C#N. The molecule has 2 aromatic carbocycles. The summed E-state index contributed by atoms with van der Waals surface area (Å²) in [5.74, 6) is -1.70. The lowest BCUT2D eigenvalue weighted by atomic mass is 10.1. The molecule has 0 aromatic heterocycles. The second kappa shape index (κ2) is 11.3. The number of benzene rings is 2. The maximum Gasteiger partial charge on any atom is 0.416 e. The molecule has 0 saturated heterocycles. The van der Waals surface area contributed by atoms with Crippen LogP contribution in [0.3, 0.4) is 0 Å². The Morgan fingerprint density at radius 2 is 1.47 bits per heavy atom. The Kier molecular flexibility index (Phi) is 8.73. The van der Waals surface area contributed by atoms with Crippen LogP contribution in [-0.2, 0) is 26.7 Å². The Balaban J connectivity index is 2.60. The normalized spacial score (nSPS) is 11.6. The Morgan fingerprint density at radius 3 is 2.00 bits per heavy atom. The standard InChI is InChI=1S/C22H15F6N5O3/c1-36-20(35)4-2-3-19(34)33(18-10-16(22(26,27)28)8-6-14(18)12-30)32-31-17-9-15(21(23,24)25)7-5-13(17)11-29/h5-10H,2-4H2,1H3/b32-31+. The largest absolute Gasteiger partial charge is 0.469 e. The van der Waals surface area contributed by atoms with Gasteiger partial charge in [0.1, 0.15) is 17.8 Å². The third-order valence-electron chi connectivity index (χ3n) is 4.60. The molecule has 1 amide bonds. The first-order chi connectivity index (χ1) is 16.8. The molecule has 0 aliphatic carbocycles. The van der Waals surface area contributed by atoms with Crippen molar-refractivity contribution in [3.63, 3.8) is 0 Å². The highest BCUT2D eigenvalue weighted by Gasteiger charge is 2.33. The molecule has 2 rings (SSSR count). The average Bonchev–Trinajstić information content (AvgIpc) is 2.82. The van der Waals surface area contributed by atoms with Crippen LogP contribution in [-0.4, -0.2) is 19.0 Å². The molecule has 0 bridgehead atoms. The first-order valence-electron chi connectivity index (χ1n) is 9.86. The number of halogens is 6. The summed E-state index contributed by atoms with van der Waals surface area (Å²) in [4.78, 5) is 24.1. The Morgan fingerprint density at radius 1 is 0.917 bits per heavy atom. The first-order valence-corrected chi connectivity index (χ1v) is 9.86. The van der Waals surface area contributed by atoms with Crippen LogP contribution >= 0.6 is 0 Å². The van der Waals surface area contributed by atoms with Crippen LogP contribution in [0.25, 0.3) is 0 Å².